The Morgan fingerprint density at radius 2 is 2.04 bits per heavy atom. The summed E-state index contributed by atoms with van der Waals surface area (Å²) in [5, 5.41) is 7.12. The van der Waals surface area contributed by atoms with Crippen LogP contribution >= 0.6 is 11.3 Å². The maximum absolute atomic E-state index is 5.44. The van der Waals surface area contributed by atoms with Crippen molar-refractivity contribution in [3.8, 4) is 0 Å². The van der Waals surface area contributed by atoms with Gasteiger partial charge < -0.3 is 14.6 Å². The summed E-state index contributed by atoms with van der Waals surface area (Å²) < 4.78 is 5.44. The largest absolute Gasteiger partial charge is 0.468 e. The molecule has 0 aromatic carbocycles. The summed E-state index contributed by atoms with van der Waals surface area (Å²) in [5.74, 6) is 1.07. The Balaban J connectivity index is 1.20. The fourth-order valence-corrected chi connectivity index (χ4v) is 4.48. The highest BCUT2D eigenvalue weighted by molar-refractivity contribution is 7.13. The van der Waals surface area contributed by atoms with E-state index in [9.17, 15) is 0 Å². The minimum absolute atomic E-state index is 0.606. The Morgan fingerprint density at radius 1 is 1.21 bits per heavy atom. The predicted molar refractivity (Wildman–Crippen MR) is 97.4 cm³/mol. The van der Waals surface area contributed by atoms with Gasteiger partial charge in [0.25, 0.3) is 0 Å². The molecule has 1 N–H and O–H groups in total. The van der Waals surface area contributed by atoms with E-state index in [0.29, 0.717) is 6.04 Å². The number of rotatable bonds is 6. The van der Waals surface area contributed by atoms with Crippen LogP contribution in [0.3, 0.4) is 0 Å². The van der Waals surface area contributed by atoms with E-state index in [4.69, 9.17) is 9.40 Å². The molecular formula is C18H26N4OS. The number of piperidine rings is 1. The molecule has 0 bridgehead atoms. The number of hydrogen-bond donors (Lipinski definition) is 1. The zero-order chi connectivity index (χ0) is 16.2. The number of furan rings is 1. The number of aromatic nitrogens is 1. The minimum Gasteiger partial charge on any atom is -0.468 e. The molecule has 2 fully saturated rings. The van der Waals surface area contributed by atoms with Gasteiger partial charge in [-0.05, 0) is 37.8 Å². The summed E-state index contributed by atoms with van der Waals surface area (Å²) in [6.45, 7) is 6.45. The highest BCUT2D eigenvalue weighted by Gasteiger charge is 2.20. The van der Waals surface area contributed by atoms with Crippen molar-refractivity contribution in [1.82, 2.24) is 15.2 Å². The first-order valence-electron chi connectivity index (χ1n) is 9.04. The molecule has 5 nitrogen and oxygen atoms in total. The maximum atomic E-state index is 5.44. The number of nitrogens with zero attached hydrogens (tertiary/aromatic N) is 3. The highest BCUT2D eigenvalue weighted by Crippen LogP contribution is 2.24. The highest BCUT2D eigenvalue weighted by atomic mass is 32.1. The van der Waals surface area contributed by atoms with E-state index in [0.717, 1.165) is 31.9 Å². The first-order chi connectivity index (χ1) is 11.9. The third-order valence-electron chi connectivity index (χ3n) is 5.04. The molecule has 2 aromatic heterocycles. The van der Waals surface area contributed by atoms with Crippen LogP contribution in [-0.2, 0) is 13.1 Å². The van der Waals surface area contributed by atoms with Crippen molar-refractivity contribution in [3.63, 3.8) is 0 Å². The second-order valence-corrected chi connectivity index (χ2v) is 7.66. The van der Waals surface area contributed by atoms with E-state index in [1.807, 2.05) is 6.07 Å². The smallest absolute Gasteiger partial charge is 0.185 e. The molecule has 130 valence electrons. The van der Waals surface area contributed by atoms with Gasteiger partial charge in [0.15, 0.2) is 5.13 Å². The van der Waals surface area contributed by atoms with Crippen molar-refractivity contribution in [2.24, 2.45) is 0 Å². The molecule has 24 heavy (non-hydrogen) atoms. The molecule has 0 amide bonds. The van der Waals surface area contributed by atoms with Crippen molar-refractivity contribution in [2.75, 3.05) is 31.1 Å². The maximum Gasteiger partial charge on any atom is 0.185 e. The van der Waals surface area contributed by atoms with Gasteiger partial charge in [0.2, 0.25) is 0 Å². The standard InChI is InChI=1S/C18H26N4OS/c1-2-8-22(7-1)18-20-16(14-24-18)12-19-15-5-9-21(10-6-15)13-17-4-3-11-23-17/h3-4,11,14-15,19H,1-2,5-10,12-13H2. The lowest BCUT2D eigenvalue weighted by Crippen LogP contribution is -2.41. The molecule has 6 heteroatoms. The van der Waals surface area contributed by atoms with Gasteiger partial charge in [0, 0.05) is 44.1 Å². The second kappa shape index (κ2) is 7.68. The molecule has 2 aliphatic rings. The zero-order valence-electron chi connectivity index (χ0n) is 14.1. The number of anilines is 1. The lowest BCUT2D eigenvalue weighted by Gasteiger charge is -2.31. The Bertz CT molecular complexity index is 613. The van der Waals surface area contributed by atoms with Gasteiger partial charge in [-0.15, -0.1) is 11.3 Å². The van der Waals surface area contributed by atoms with E-state index >= 15 is 0 Å². The van der Waals surface area contributed by atoms with Gasteiger partial charge in [-0.25, -0.2) is 4.98 Å². The topological polar surface area (TPSA) is 44.5 Å². The SMILES string of the molecule is c1coc(CN2CCC(NCc3csc(N4CCCC4)n3)CC2)c1. The third-order valence-corrected chi connectivity index (χ3v) is 5.99. The summed E-state index contributed by atoms with van der Waals surface area (Å²) >= 11 is 1.79. The van der Waals surface area contributed by atoms with Crippen LogP contribution in [0.25, 0.3) is 0 Å². The lowest BCUT2D eigenvalue weighted by molar-refractivity contribution is 0.178. The van der Waals surface area contributed by atoms with Gasteiger partial charge >= 0.3 is 0 Å². The van der Waals surface area contributed by atoms with Crippen molar-refractivity contribution in [2.45, 2.75) is 44.8 Å². The van der Waals surface area contributed by atoms with Gasteiger partial charge in [-0.2, -0.15) is 0 Å². The number of likely N-dealkylation sites (tertiary alicyclic amines) is 1. The minimum atomic E-state index is 0.606. The summed E-state index contributed by atoms with van der Waals surface area (Å²) in [4.78, 5) is 9.70. The van der Waals surface area contributed by atoms with Crippen molar-refractivity contribution >= 4 is 16.5 Å². The first kappa shape index (κ1) is 16.1. The zero-order valence-corrected chi connectivity index (χ0v) is 14.9. The first-order valence-corrected chi connectivity index (χ1v) is 9.92. The van der Waals surface area contributed by atoms with Crippen molar-refractivity contribution in [1.29, 1.82) is 0 Å². The van der Waals surface area contributed by atoms with Gasteiger partial charge in [-0.3, -0.25) is 4.90 Å². The van der Waals surface area contributed by atoms with Gasteiger partial charge in [0.05, 0.1) is 18.5 Å². The average molecular weight is 347 g/mol. The van der Waals surface area contributed by atoms with Crippen LogP contribution in [0.5, 0.6) is 0 Å². The van der Waals surface area contributed by atoms with Crippen LogP contribution in [0, 0.1) is 0 Å². The molecule has 0 aliphatic carbocycles. The monoisotopic (exact) mass is 346 g/mol. The second-order valence-electron chi connectivity index (χ2n) is 6.83. The Labute approximate surface area is 147 Å². The Kier molecular flexibility index (Phi) is 5.16. The van der Waals surface area contributed by atoms with Crippen LogP contribution in [0.4, 0.5) is 5.13 Å². The van der Waals surface area contributed by atoms with Crippen molar-refractivity contribution in [3.05, 3.63) is 35.2 Å². The summed E-state index contributed by atoms with van der Waals surface area (Å²) in [6, 6.07) is 4.63. The molecule has 2 aromatic rings. The number of nitrogens with one attached hydrogen (secondary N) is 1. The number of hydrogen-bond acceptors (Lipinski definition) is 6. The molecule has 0 spiro atoms. The van der Waals surface area contributed by atoms with E-state index in [1.165, 1.54) is 49.6 Å². The van der Waals surface area contributed by atoms with Crippen LogP contribution in [0.15, 0.2) is 28.2 Å². The van der Waals surface area contributed by atoms with E-state index in [1.54, 1.807) is 17.6 Å². The molecule has 4 rings (SSSR count). The molecule has 0 unspecified atom stereocenters. The molecule has 2 saturated heterocycles. The predicted octanol–water partition coefficient (Wildman–Crippen LogP) is 3.09. The summed E-state index contributed by atoms with van der Waals surface area (Å²) in [5.41, 5.74) is 1.19. The lowest BCUT2D eigenvalue weighted by atomic mass is 10.0. The molecule has 0 saturated carbocycles. The molecule has 0 atom stereocenters. The van der Waals surface area contributed by atoms with Crippen LogP contribution in [0.1, 0.15) is 37.1 Å². The van der Waals surface area contributed by atoms with Crippen LogP contribution < -0.4 is 10.2 Å². The van der Waals surface area contributed by atoms with Gasteiger partial charge in [-0.1, -0.05) is 0 Å². The van der Waals surface area contributed by atoms with E-state index < -0.39 is 0 Å². The molecule has 0 radical (unpaired) electrons. The normalized spacial score (nSPS) is 20.1. The molecule has 2 aliphatic heterocycles. The summed E-state index contributed by atoms with van der Waals surface area (Å²) in [6.07, 6.45) is 6.77. The van der Waals surface area contributed by atoms with Crippen molar-refractivity contribution < 1.29 is 4.42 Å². The Hall–Kier alpha value is -1.37. The summed E-state index contributed by atoms with van der Waals surface area (Å²) in [7, 11) is 0. The number of thiazole rings is 1. The average Bonchev–Trinajstić information content (AvgIpc) is 3.36. The fraction of sp³-hybridized carbons (Fsp3) is 0.611. The Morgan fingerprint density at radius 3 is 2.79 bits per heavy atom. The van der Waals surface area contributed by atoms with Crippen LogP contribution in [-0.4, -0.2) is 42.1 Å². The van der Waals surface area contributed by atoms with Crippen LogP contribution in [0.2, 0.25) is 0 Å². The quantitative estimate of drug-likeness (QED) is 0.871. The van der Waals surface area contributed by atoms with E-state index in [-0.39, 0.29) is 0 Å². The molecule has 4 heterocycles. The van der Waals surface area contributed by atoms with Gasteiger partial charge in [0.1, 0.15) is 5.76 Å². The van der Waals surface area contributed by atoms with E-state index in [2.05, 4.69) is 26.6 Å². The third kappa shape index (κ3) is 3.99. The molecular weight excluding hydrogens is 320 g/mol. The fourth-order valence-electron chi connectivity index (χ4n) is 3.60.